The van der Waals surface area contributed by atoms with Gasteiger partial charge in [-0.25, -0.2) is 0 Å². The zero-order valence-electron chi connectivity index (χ0n) is 7.65. The van der Waals surface area contributed by atoms with Crippen LogP contribution in [0.4, 0.5) is 13.2 Å². The Bertz CT molecular complexity index is 404. The van der Waals surface area contributed by atoms with Gasteiger partial charge >= 0.3 is 6.36 Å². The first kappa shape index (κ1) is 13.5. The SMILES string of the molecule is O=C(CBr)c1cc(Br)cc(OC(F)(F)F)c1. The van der Waals surface area contributed by atoms with Crippen LogP contribution >= 0.6 is 31.9 Å². The lowest BCUT2D eigenvalue weighted by atomic mass is 10.1. The highest BCUT2D eigenvalue weighted by Crippen LogP contribution is 2.27. The minimum atomic E-state index is -4.77. The minimum Gasteiger partial charge on any atom is -0.406 e. The molecule has 1 aromatic rings. The second kappa shape index (κ2) is 5.18. The van der Waals surface area contributed by atoms with Crippen molar-refractivity contribution in [3.8, 4) is 5.75 Å². The first-order valence-corrected chi connectivity index (χ1v) is 5.89. The lowest BCUT2D eigenvalue weighted by Gasteiger charge is -2.10. The number of benzene rings is 1. The van der Waals surface area contributed by atoms with Crippen molar-refractivity contribution in [2.24, 2.45) is 0 Å². The molecule has 0 spiro atoms. The Morgan fingerprint density at radius 3 is 2.44 bits per heavy atom. The molecular weight excluding hydrogens is 357 g/mol. The second-order valence-corrected chi connectivity index (χ2v) is 4.26. The van der Waals surface area contributed by atoms with E-state index in [4.69, 9.17) is 0 Å². The zero-order valence-corrected chi connectivity index (χ0v) is 10.8. The molecule has 0 aromatic heterocycles. The number of Topliss-reactive ketones (excluding diaryl/α,β-unsaturated/α-hetero) is 1. The Morgan fingerprint density at radius 2 is 1.94 bits per heavy atom. The smallest absolute Gasteiger partial charge is 0.406 e. The molecule has 2 nitrogen and oxygen atoms in total. The van der Waals surface area contributed by atoms with Gasteiger partial charge in [0.15, 0.2) is 5.78 Å². The fraction of sp³-hybridized carbons (Fsp3) is 0.222. The summed E-state index contributed by atoms with van der Waals surface area (Å²) in [5, 5.41) is 0.0366. The average molecular weight is 362 g/mol. The van der Waals surface area contributed by atoms with Gasteiger partial charge in [-0.1, -0.05) is 31.9 Å². The number of alkyl halides is 4. The molecule has 0 N–H and O–H groups in total. The van der Waals surface area contributed by atoms with Crippen molar-refractivity contribution < 1.29 is 22.7 Å². The second-order valence-electron chi connectivity index (χ2n) is 2.78. The van der Waals surface area contributed by atoms with Gasteiger partial charge in [0.1, 0.15) is 5.75 Å². The molecule has 16 heavy (non-hydrogen) atoms. The molecule has 0 bridgehead atoms. The molecular formula is C9H5Br2F3O2. The average Bonchev–Trinajstić information content (AvgIpc) is 2.12. The highest BCUT2D eigenvalue weighted by molar-refractivity contribution is 9.10. The summed E-state index contributed by atoms with van der Waals surface area (Å²) in [7, 11) is 0. The van der Waals surface area contributed by atoms with Crippen LogP contribution in [0.1, 0.15) is 10.4 Å². The number of ether oxygens (including phenoxy) is 1. The maximum atomic E-state index is 12.0. The lowest BCUT2D eigenvalue weighted by molar-refractivity contribution is -0.274. The molecule has 0 amide bonds. The molecule has 0 atom stereocenters. The van der Waals surface area contributed by atoms with Crippen LogP contribution in [0.25, 0.3) is 0 Å². The van der Waals surface area contributed by atoms with Gasteiger partial charge < -0.3 is 4.74 Å². The molecule has 0 unspecified atom stereocenters. The van der Waals surface area contributed by atoms with Crippen molar-refractivity contribution in [1.29, 1.82) is 0 Å². The fourth-order valence-electron chi connectivity index (χ4n) is 0.993. The highest BCUT2D eigenvalue weighted by atomic mass is 79.9. The maximum absolute atomic E-state index is 12.0. The normalized spacial score (nSPS) is 11.3. The molecule has 0 fully saturated rings. The molecule has 0 radical (unpaired) electrons. The highest BCUT2D eigenvalue weighted by Gasteiger charge is 2.31. The predicted molar refractivity (Wildman–Crippen MR) is 58.9 cm³/mol. The summed E-state index contributed by atoms with van der Waals surface area (Å²) in [6, 6.07) is 3.60. The van der Waals surface area contributed by atoms with Crippen molar-refractivity contribution in [3.05, 3.63) is 28.2 Å². The van der Waals surface area contributed by atoms with E-state index in [9.17, 15) is 18.0 Å². The van der Waals surface area contributed by atoms with Gasteiger partial charge in [0.2, 0.25) is 0 Å². The van der Waals surface area contributed by atoms with Crippen LogP contribution in [0.5, 0.6) is 5.75 Å². The first-order chi connectivity index (χ1) is 7.31. The number of ketones is 1. The van der Waals surface area contributed by atoms with Gasteiger partial charge in [-0.2, -0.15) is 0 Å². The lowest BCUT2D eigenvalue weighted by Crippen LogP contribution is -2.17. The maximum Gasteiger partial charge on any atom is 0.573 e. The van der Waals surface area contributed by atoms with E-state index in [-0.39, 0.29) is 16.7 Å². The van der Waals surface area contributed by atoms with Crippen LogP contribution in [0.3, 0.4) is 0 Å². The summed E-state index contributed by atoms with van der Waals surface area (Å²) in [6.45, 7) is 0. The van der Waals surface area contributed by atoms with Crippen molar-refractivity contribution in [1.82, 2.24) is 0 Å². The van der Waals surface area contributed by atoms with E-state index < -0.39 is 12.1 Å². The molecule has 88 valence electrons. The molecule has 7 heteroatoms. The van der Waals surface area contributed by atoms with Gasteiger partial charge in [0, 0.05) is 10.0 Å². The summed E-state index contributed by atoms with van der Waals surface area (Å²) in [5.74, 6) is -0.750. The number of rotatable bonds is 3. The Hall–Kier alpha value is -0.560. The van der Waals surface area contributed by atoms with Crippen LogP contribution in [0, 0.1) is 0 Å². The first-order valence-electron chi connectivity index (χ1n) is 3.97. The van der Waals surface area contributed by atoms with Crippen molar-refractivity contribution in [2.45, 2.75) is 6.36 Å². The Balaban J connectivity index is 3.03. The fourth-order valence-corrected chi connectivity index (χ4v) is 1.79. The van der Waals surface area contributed by atoms with Crippen LogP contribution in [-0.2, 0) is 0 Å². The molecule has 0 aliphatic rings. The number of hydrogen-bond donors (Lipinski definition) is 0. The number of carbonyl (C=O) groups is 1. The molecule has 0 aliphatic carbocycles. The van der Waals surface area contributed by atoms with E-state index >= 15 is 0 Å². The molecule has 0 saturated carbocycles. The summed E-state index contributed by atoms with van der Waals surface area (Å²) >= 11 is 5.94. The van der Waals surface area contributed by atoms with Crippen molar-refractivity contribution in [2.75, 3.05) is 5.33 Å². The molecule has 0 aliphatic heterocycles. The van der Waals surface area contributed by atoms with E-state index in [0.29, 0.717) is 4.47 Å². The van der Waals surface area contributed by atoms with Crippen molar-refractivity contribution in [3.63, 3.8) is 0 Å². The number of halogens is 5. The summed E-state index contributed by atoms with van der Waals surface area (Å²) in [4.78, 5) is 11.3. The Labute approximate surface area is 106 Å². The molecule has 1 rings (SSSR count). The van der Waals surface area contributed by atoms with Crippen LogP contribution < -0.4 is 4.74 Å². The zero-order chi connectivity index (χ0) is 12.3. The van der Waals surface area contributed by atoms with Gasteiger partial charge in [-0.05, 0) is 18.2 Å². The van der Waals surface area contributed by atoms with Gasteiger partial charge in [-0.3, -0.25) is 4.79 Å². The van der Waals surface area contributed by atoms with Crippen LogP contribution in [0.2, 0.25) is 0 Å². The molecule has 0 saturated heterocycles. The number of carbonyl (C=O) groups excluding carboxylic acids is 1. The third-order valence-corrected chi connectivity index (χ3v) is 2.52. The monoisotopic (exact) mass is 360 g/mol. The van der Waals surface area contributed by atoms with Crippen LogP contribution in [-0.4, -0.2) is 17.5 Å². The largest absolute Gasteiger partial charge is 0.573 e. The minimum absolute atomic E-state index is 0.0366. The van der Waals surface area contributed by atoms with E-state index in [0.717, 1.165) is 12.1 Å². The molecule has 1 aromatic carbocycles. The van der Waals surface area contributed by atoms with Crippen LogP contribution in [0.15, 0.2) is 22.7 Å². The third-order valence-electron chi connectivity index (χ3n) is 1.55. The standard InChI is InChI=1S/C9H5Br2F3O2/c10-4-8(15)5-1-6(11)3-7(2-5)16-9(12,13)14/h1-3H,4H2. The molecule has 0 heterocycles. The Kier molecular flexibility index (Phi) is 4.37. The van der Waals surface area contributed by atoms with E-state index in [1.807, 2.05) is 0 Å². The van der Waals surface area contributed by atoms with E-state index in [2.05, 4.69) is 36.6 Å². The summed E-state index contributed by atoms with van der Waals surface area (Å²) < 4.78 is 39.9. The summed E-state index contributed by atoms with van der Waals surface area (Å²) in [6.07, 6.45) is -4.77. The van der Waals surface area contributed by atoms with Gasteiger partial charge in [0.05, 0.1) is 5.33 Å². The summed E-state index contributed by atoms with van der Waals surface area (Å²) in [5.41, 5.74) is 0.144. The number of hydrogen-bond acceptors (Lipinski definition) is 2. The Morgan fingerprint density at radius 1 is 1.31 bits per heavy atom. The third kappa shape index (κ3) is 4.13. The van der Waals surface area contributed by atoms with Crippen molar-refractivity contribution >= 4 is 37.6 Å². The van der Waals surface area contributed by atoms with Gasteiger partial charge in [-0.15, -0.1) is 13.2 Å². The topological polar surface area (TPSA) is 26.3 Å². The van der Waals surface area contributed by atoms with E-state index in [1.165, 1.54) is 6.07 Å². The quantitative estimate of drug-likeness (QED) is 0.602. The predicted octanol–water partition coefficient (Wildman–Crippen LogP) is 3.93. The van der Waals surface area contributed by atoms with Gasteiger partial charge in [0.25, 0.3) is 0 Å². The van der Waals surface area contributed by atoms with E-state index in [1.54, 1.807) is 0 Å².